The fraction of sp³-hybridized carbons (Fsp3) is 0.833. The van der Waals surface area contributed by atoms with Gasteiger partial charge in [-0.05, 0) is 26.2 Å². The Morgan fingerprint density at radius 3 is 1.82 bits per heavy atom. The van der Waals surface area contributed by atoms with E-state index in [1.165, 1.54) is 7.05 Å². The highest BCUT2D eigenvalue weighted by Crippen LogP contribution is 2.22. The first kappa shape index (κ1) is 15.7. The van der Waals surface area contributed by atoms with Gasteiger partial charge in [-0.15, -0.1) is 0 Å². The summed E-state index contributed by atoms with van der Waals surface area (Å²) >= 11 is 0. The molecule has 0 unspecified atom stereocenters. The minimum absolute atomic E-state index is 0.393. The first-order valence-electron chi connectivity index (χ1n) is 5.68. The summed E-state index contributed by atoms with van der Waals surface area (Å²) in [5, 5.41) is 5.03. The molecule has 0 aromatic rings. The van der Waals surface area contributed by atoms with E-state index in [1.807, 2.05) is 20.8 Å². The third-order valence-electron chi connectivity index (χ3n) is 2.01. The molecule has 17 heavy (non-hydrogen) atoms. The second-order valence-corrected chi connectivity index (χ2v) is 6.06. The van der Waals surface area contributed by atoms with Crippen LogP contribution in [0.3, 0.4) is 0 Å². The van der Waals surface area contributed by atoms with Gasteiger partial charge in [0.05, 0.1) is 0 Å². The Hall–Kier alpha value is -1.26. The Kier molecular flexibility index (Phi) is 4.98. The van der Waals surface area contributed by atoms with Gasteiger partial charge in [0, 0.05) is 7.05 Å². The number of carbonyl (C=O) groups excluding carboxylic acids is 2. The quantitative estimate of drug-likeness (QED) is 0.726. The highest BCUT2D eigenvalue weighted by atomic mass is 16.6. The lowest BCUT2D eigenvalue weighted by Crippen LogP contribution is -2.53. The van der Waals surface area contributed by atoms with Gasteiger partial charge < -0.3 is 15.4 Å². The Labute approximate surface area is 103 Å². The van der Waals surface area contributed by atoms with Crippen molar-refractivity contribution in [3.8, 4) is 0 Å². The van der Waals surface area contributed by atoms with Gasteiger partial charge in [-0.1, -0.05) is 20.8 Å². The number of esters is 1. The molecule has 5 heteroatoms. The van der Waals surface area contributed by atoms with Crippen molar-refractivity contribution in [1.29, 1.82) is 0 Å². The lowest BCUT2D eigenvalue weighted by Gasteiger charge is -2.32. The smallest absolute Gasteiger partial charge is 0.329 e. The molecular weight excluding hydrogens is 220 g/mol. The molecule has 2 amide bonds. The van der Waals surface area contributed by atoms with Crippen LogP contribution in [-0.4, -0.2) is 30.7 Å². The second-order valence-electron chi connectivity index (χ2n) is 6.06. The molecule has 0 aromatic carbocycles. The van der Waals surface area contributed by atoms with E-state index in [2.05, 4.69) is 10.6 Å². The number of hydrogen-bond acceptors (Lipinski definition) is 3. The monoisotopic (exact) mass is 244 g/mol. The van der Waals surface area contributed by atoms with Crippen molar-refractivity contribution < 1.29 is 14.3 Å². The summed E-state index contributed by atoms with van der Waals surface area (Å²) in [6.45, 7) is 11.0. The maximum atomic E-state index is 12.0. The zero-order valence-electron chi connectivity index (χ0n) is 11.8. The SMILES string of the molecule is CNC(=O)N[C@@H](C(=O)OC(C)(C)C)C(C)(C)C. The highest BCUT2D eigenvalue weighted by molar-refractivity contribution is 5.84. The summed E-state index contributed by atoms with van der Waals surface area (Å²) in [5.74, 6) is -0.423. The van der Waals surface area contributed by atoms with Crippen molar-refractivity contribution in [3.63, 3.8) is 0 Å². The van der Waals surface area contributed by atoms with Gasteiger partial charge in [0.25, 0.3) is 0 Å². The molecule has 100 valence electrons. The maximum absolute atomic E-state index is 12.0. The minimum atomic E-state index is -0.679. The normalized spacial score (nSPS) is 13.8. The van der Waals surface area contributed by atoms with Crippen LogP contribution in [0.25, 0.3) is 0 Å². The average molecular weight is 244 g/mol. The summed E-state index contributed by atoms with van der Waals surface area (Å²) in [5.41, 5.74) is -0.972. The van der Waals surface area contributed by atoms with Crippen LogP contribution >= 0.6 is 0 Å². The molecule has 5 nitrogen and oxygen atoms in total. The number of ether oxygens (including phenoxy) is 1. The largest absolute Gasteiger partial charge is 0.458 e. The van der Waals surface area contributed by atoms with Crippen LogP contribution in [-0.2, 0) is 9.53 Å². The molecule has 0 saturated heterocycles. The molecule has 0 aliphatic rings. The van der Waals surface area contributed by atoms with Crippen molar-refractivity contribution in [1.82, 2.24) is 10.6 Å². The molecule has 0 heterocycles. The fourth-order valence-corrected chi connectivity index (χ4v) is 1.19. The predicted molar refractivity (Wildman–Crippen MR) is 66.7 cm³/mol. The molecule has 0 bridgehead atoms. The van der Waals surface area contributed by atoms with E-state index in [9.17, 15) is 9.59 Å². The van der Waals surface area contributed by atoms with E-state index >= 15 is 0 Å². The van der Waals surface area contributed by atoms with Gasteiger partial charge in [0.2, 0.25) is 0 Å². The van der Waals surface area contributed by atoms with Gasteiger partial charge >= 0.3 is 12.0 Å². The topological polar surface area (TPSA) is 67.4 Å². The predicted octanol–water partition coefficient (Wildman–Crippen LogP) is 1.67. The molecule has 0 fully saturated rings. The zero-order chi connectivity index (χ0) is 13.9. The van der Waals surface area contributed by atoms with E-state index in [-0.39, 0.29) is 0 Å². The molecule has 0 aliphatic carbocycles. The lowest BCUT2D eigenvalue weighted by molar-refractivity contribution is -0.160. The second kappa shape index (κ2) is 5.38. The molecule has 0 aromatic heterocycles. The van der Waals surface area contributed by atoms with Gasteiger partial charge in [-0.3, -0.25) is 0 Å². The van der Waals surface area contributed by atoms with Crippen LogP contribution < -0.4 is 10.6 Å². The summed E-state index contributed by atoms with van der Waals surface area (Å²) in [7, 11) is 1.50. The van der Waals surface area contributed by atoms with Crippen LogP contribution in [0.2, 0.25) is 0 Å². The van der Waals surface area contributed by atoms with Gasteiger partial charge in [0.15, 0.2) is 0 Å². The summed E-state index contributed by atoms with van der Waals surface area (Å²) in [6.07, 6.45) is 0. The van der Waals surface area contributed by atoms with E-state index < -0.39 is 29.1 Å². The molecule has 0 radical (unpaired) electrons. The number of nitrogens with one attached hydrogen (secondary N) is 2. The third kappa shape index (κ3) is 6.14. The van der Waals surface area contributed by atoms with Crippen LogP contribution in [0.15, 0.2) is 0 Å². The average Bonchev–Trinajstić information content (AvgIpc) is 2.08. The number of rotatable bonds is 2. The molecule has 1 atom stereocenters. The summed E-state index contributed by atoms with van der Waals surface area (Å²) < 4.78 is 5.29. The van der Waals surface area contributed by atoms with Crippen molar-refractivity contribution >= 4 is 12.0 Å². The summed E-state index contributed by atoms with van der Waals surface area (Å²) in [6, 6.07) is -1.07. The van der Waals surface area contributed by atoms with Crippen molar-refractivity contribution in [3.05, 3.63) is 0 Å². The maximum Gasteiger partial charge on any atom is 0.329 e. The highest BCUT2D eigenvalue weighted by Gasteiger charge is 2.35. The van der Waals surface area contributed by atoms with Gasteiger partial charge in [0.1, 0.15) is 11.6 Å². The number of carbonyl (C=O) groups is 2. The van der Waals surface area contributed by atoms with Crippen LogP contribution in [0.1, 0.15) is 41.5 Å². The Bertz CT molecular complexity index is 287. The lowest BCUT2D eigenvalue weighted by atomic mass is 9.86. The molecule has 0 spiro atoms. The van der Waals surface area contributed by atoms with Gasteiger partial charge in [-0.2, -0.15) is 0 Å². The summed E-state index contributed by atoms with van der Waals surface area (Å²) in [4.78, 5) is 23.3. The van der Waals surface area contributed by atoms with E-state index in [1.54, 1.807) is 20.8 Å². The minimum Gasteiger partial charge on any atom is -0.458 e. The fourth-order valence-electron chi connectivity index (χ4n) is 1.19. The van der Waals surface area contributed by atoms with Crippen molar-refractivity contribution in [2.45, 2.75) is 53.2 Å². The number of amides is 2. The van der Waals surface area contributed by atoms with Crippen LogP contribution in [0.4, 0.5) is 4.79 Å². The molecule has 0 saturated carbocycles. The van der Waals surface area contributed by atoms with E-state index in [0.29, 0.717) is 0 Å². The number of hydrogen-bond donors (Lipinski definition) is 2. The molecule has 2 N–H and O–H groups in total. The third-order valence-corrected chi connectivity index (χ3v) is 2.01. The van der Waals surface area contributed by atoms with E-state index in [0.717, 1.165) is 0 Å². The first-order valence-corrected chi connectivity index (χ1v) is 5.68. The van der Waals surface area contributed by atoms with Crippen LogP contribution in [0.5, 0.6) is 0 Å². The van der Waals surface area contributed by atoms with Crippen molar-refractivity contribution in [2.24, 2.45) is 5.41 Å². The Morgan fingerprint density at radius 2 is 1.53 bits per heavy atom. The molecule has 0 aliphatic heterocycles. The first-order chi connectivity index (χ1) is 7.47. The Balaban J connectivity index is 4.82. The van der Waals surface area contributed by atoms with Crippen LogP contribution in [0, 0.1) is 5.41 Å². The number of urea groups is 1. The van der Waals surface area contributed by atoms with Gasteiger partial charge in [-0.25, -0.2) is 9.59 Å². The standard InChI is InChI=1S/C12H24N2O3/c1-11(2,3)8(14-10(16)13-7)9(15)17-12(4,5)6/h8H,1-7H3,(H2,13,14,16)/t8-/m0/s1. The zero-order valence-corrected chi connectivity index (χ0v) is 11.8. The van der Waals surface area contributed by atoms with Crippen molar-refractivity contribution in [2.75, 3.05) is 7.05 Å². The van der Waals surface area contributed by atoms with E-state index in [4.69, 9.17) is 4.74 Å². The molecular formula is C12H24N2O3. The Morgan fingerprint density at radius 1 is 1.06 bits per heavy atom. The molecule has 0 rings (SSSR count).